The third-order valence-electron chi connectivity index (χ3n) is 2.56. The van der Waals surface area contributed by atoms with Gasteiger partial charge in [0.2, 0.25) is 0 Å². The SMILES string of the molecule is CC(C)(C)CNCCCC1CCCO1. The van der Waals surface area contributed by atoms with Crippen LogP contribution in [0.4, 0.5) is 0 Å². The first-order valence-electron chi connectivity index (χ1n) is 5.90. The number of rotatable bonds is 5. The van der Waals surface area contributed by atoms with Crippen molar-refractivity contribution in [1.29, 1.82) is 0 Å². The topological polar surface area (TPSA) is 21.3 Å². The predicted octanol–water partition coefficient (Wildman–Crippen LogP) is 2.58. The van der Waals surface area contributed by atoms with Crippen LogP contribution in [0.1, 0.15) is 46.5 Å². The Morgan fingerprint density at radius 1 is 1.36 bits per heavy atom. The molecule has 0 spiro atoms. The fourth-order valence-electron chi connectivity index (χ4n) is 1.79. The molecule has 0 aromatic carbocycles. The molecular formula is C12H25NO. The largest absolute Gasteiger partial charge is 0.378 e. The molecule has 0 aliphatic carbocycles. The van der Waals surface area contributed by atoms with Gasteiger partial charge in [-0.2, -0.15) is 0 Å². The summed E-state index contributed by atoms with van der Waals surface area (Å²) in [6, 6.07) is 0. The minimum Gasteiger partial charge on any atom is -0.378 e. The van der Waals surface area contributed by atoms with Gasteiger partial charge in [-0.1, -0.05) is 20.8 Å². The second kappa shape index (κ2) is 5.72. The first kappa shape index (κ1) is 12.0. The number of ether oxygens (including phenoxy) is 1. The van der Waals surface area contributed by atoms with E-state index in [0.717, 1.165) is 19.7 Å². The molecule has 1 unspecified atom stereocenters. The monoisotopic (exact) mass is 199 g/mol. The average molecular weight is 199 g/mol. The average Bonchev–Trinajstić information content (AvgIpc) is 2.54. The van der Waals surface area contributed by atoms with E-state index >= 15 is 0 Å². The molecule has 0 amide bonds. The van der Waals surface area contributed by atoms with Gasteiger partial charge in [-0.05, 0) is 44.2 Å². The second-order valence-electron chi connectivity index (χ2n) is 5.51. The summed E-state index contributed by atoms with van der Waals surface area (Å²) < 4.78 is 5.57. The van der Waals surface area contributed by atoms with Gasteiger partial charge in [-0.25, -0.2) is 0 Å². The molecule has 0 aromatic rings. The highest BCUT2D eigenvalue weighted by Gasteiger charge is 2.14. The summed E-state index contributed by atoms with van der Waals surface area (Å²) in [5, 5.41) is 3.49. The number of nitrogens with one attached hydrogen (secondary N) is 1. The highest BCUT2D eigenvalue weighted by molar-refractivity contribution is 4.67. The van der Waals surface area contributed by atoms with E-state index in [-0.39, 0.29) is 0 Å². The summed E-state index contributed by atoms with van der Waals surface area (Å²) in [6.45, 7) is 10.0. The van der Waals surface area contributed by atoms with Gasteiger partial charge in [-0.15, -0.1) is 0 Å². The van der Waals surface area contributed by atoms with E-state index in [1.165, 1.54) is 25.7 Å². The number of hydrogen-bond donors (Lipinski definition) is 1. The van der Waals surface area contributed by atoms with E-state index < -0.39 is 0 Å². The van der Waals surface area contributed by atoms with Gasteiger partial charge in [0.05, 0.1) is 6.10 Å². The smallest absolute Gasteiger partial charge is 0.0576 e. The summed E-state index contributed by atoms with van der Waals surface area (Å²) in [6.07, 6.45) is 5.59. The van der Waals surface area contributed by atoms with Crippen molar-refractivity contribution in [2.24, 2.45) is 5.41 Å². The van der Waals surface area contributed by atoms with Crippen LogP contribution in [0.5, 0.6) is 0 Å². The molecule has 1 N–H and O–H groups in total. The summed E-state index contributed by atoms with van der Waals surface area (Å²) in [7, 11) is 0. The van der Waals surface area contributed by atoms with E-state index in [2.05, 4.69) is 26.1 Å². The summed E-state index contributed by atoms with van der Waals surface area (Å²) in [5.41, 5.74) is 0.407. The first-order valence-corrected chi connectivity index (χ1v) is 5.90. The van der Waals surface area contributed by atoms with Gasteiger partial charge in [0.25, 0.3) is 0 Å². The Bertz CT molecular complexity index is 145. The van der Waals surface area contributed by atoms with Crippen LogP contribution in [-0.2, 0) is 4.74 Å². The minimum absolute atomic E-state index is 0.407. The minimum atomic E-state index is 0.407. The zero-order chi connectivity index (χ0) is 10.4. The Labute approximate surface area is 88.4 Å². The van der Waals surface area contributed by atoms with Crippen LogP contribution >= 0.6 is 0 Å². The molecule has 84 valence electrons. The third-order valence-corrected chi connectivity index (χ3v) is 2.56. The van der Waals surface area contributed by atoms with E-state index in [1.807, 2.05) is 0 Å². The number of hydrogen-bond acceptors (Lipinski definition) is 2. The van der Waals surface area contributed by atoms with Gasteiger partial charge in [0.15, 0.2) is 0 Å². The standard InChI is InChI=1S/C12H25NO/c1-12(2,3)10-13-8-4-6-11-7-5-9-14-11/h11,13H,4-10H2,1-3H3. The van der Waals surface area contributed by atoms with Crippen molar-refractivity contribution in [3.05, 3.63) is 0 Å². The lowest BCUT2D eigenvalue weighted by Gasteiger charge is -2.19. The third kappa shape index (κ3) is 5.61. The maximum Gasteiger partial charge on any atom is 0.0576 e. The zero-order valence-electron chi connectivity index (χ0n) is 9.94. The molecule has 1 atom stereocenters. The fraction of sp³-hybridized carbons (Fsp3) is 1.00. The molecular weight excluding hydrogens is 174 g/mol. The van der Waals surface area contributed by atoms with Crippen LogP contribution < -0.4 is 5.32 Å². The molecule has 0 radical (unpaired) electrons. The summed E-state index contributed by atoms with van der Waals surface area (Å²) in [4.78, 5) is 0. The van der Waals surface area contributed by atoms with Crippen molar-refractivity contribution in [1.82, 2.24) is 5.32 Å². The Balaban J connectivity index is 1.89. The van der Waals surface area contributed by atoms with Crippen LogP contribution in [0, 0.1) is 5.41 Å². The molecule has 1 fully saturated rings. The van der Waals surface area contributed by atoms with Crippen LogP contribution in [0.3, 0.4) is 0 Å². The van der Waals surface area contributed by atoms with Gasteiger partial charge in [0.1, 0.15) is 0 Å². The maximum atomic E-state index is 5.57. The highest BCUT2D eigenvalue weighted by atomic mass is 16.5. The van der Waals surface area contributed by atoms with Gasteiger partial charge >= 0.3 is 0 Å². The first-order chi connectivity index (χ1) is 6.58. The van der Waals surface area contributed by atoms with Crippen molar-refractivity contribution < 1.29 is 4.74 Å². The highest BCUT2D eigenvalue weighted by Crippen LogP contribution is 2.16. The maximum absolute atomic E-state index is 5.57. The molecule has 0 aromatic heterocycles. The molecule has 0 saturated carbocycles. The van der Waals surface area contributed by atoms with Crippen LogP contribution in [-0.4, -0.2) is 25.8 Å². The lowest BCUT2D eigenvalue weighted by atomic mass is 9.97. The van der Waals surface area contributed by atoms with Crippen molar-refractivity contribution >= 4 is 0 Å². The van der Waals surface area contributed by atoms with E-state index in [0.29, 0.717) is 11.5 Å². The van der Waals surface area contributed by atoms with E-state index in [4.69, 9.17) is 4.74 Å². The van der Waals surface area contributed by atoms with E-state index in [9.17, 15) is 0 Å². The van der Waals surface area contributed by atoms with Gasteiger partial charge < -0.3 is 10.1 Å². The van der Waals surface area contributed by atoms with Gasteiger partial charge in [-0.3, -0.25) is 0 Å². The van der Waals surface area contributed by atoms with Crippen molar-refractivity contribution in [3.8, 4) is 0 Å². The lowest BCUT2D eigenvalue weighted by Crippen LogP contribution is -2.28. The Hall–Kier alpha value is -0.0800. The normalized spacial score (nSPS) is 22.9. The Kier molecular flexibility index (Phi) is 4.90. The molecule has 1 saturated heterocycles. The quantitative estimate of drug-likeness (QED) is 0.687. The molecule has 2 heteroatoms. The summed E-state index contributed by atoms with van der Waals surface area (Å²) in [5.74, 6) is 0. The Morgan fingerprint density at radius 3 is 2.71 bits per heavy atom. The van der Waals surface area contributed by atoms with Crippen LogP contribution in [0.25, 0.3) is 0 Å². The molecule has 0 bridgehead atoms. The van der Waals surface area contributed by atoms with Gasteiger partial charge in [0, 0.05) is 6.61 Å². The fourth-order valence-corrected chi connectivity index (χ4v) is 1.79. The van der Waals surface area contributed by atoms with Crippen molar-refractivity contribution in [2.45, 2.75) is 52.6 Å². The molecule has 1 aliphatic heterocycles. The van der Waals surface area contributed by atoms with Crippen LogP contribution in [0.2, 0.25) is 0 Å². The lowest BCUT2D eigenvalue weighted by molar-refractivity contribution is 0.102. The molecule has 1 rings (SSSR count). The Morgan fingerprint density at radius 2 is 2.14 bits per heavy atom. The van der Waals surface area contributed by atoms with Crippen molar-refractivity contribution in [2.75, 3.05) is 19.7 Å². The predicted molar refractivity (Wildman–Crippen MR) is 60.5 cm³/mol. The molecule has 1 aliphatic rings. The second-order valence-corrected chi connectivity index (χ2v) is 5.51. The van der Waals surface area contributed by atoms with Crippen LogP contribution in [0.15, 0.2) is 0 Å². The van der Waals surface area contributed by atoms with Crippen molar-refractivity contribution in [3.63, 3.8) is 0 Å². The molecule has 1 heterocycles. The zero-order valence-corrected chi connectivity index (χ0v) is 9.94. The van der Waals surface area contributed by atoms with E-state index in [1.54, 1.807) is 0 Å². The molecule has 2 nitrogen and oxygen atoms in total. The summed E-state index contributed by atoms with van der Waals surface area (Å²) >= 11 is 0. The molecule has 14 heavy (non-hydrogen) atoms.